The minimum absolute atomic E-state index is 0.317. The first-order valence-corrected chi connectivity index (χ1v) is 6.31. The molecule has 0 aliphatic carbocycles. The van der Waals surface area contributed by atoms with E-state index in [4.69, 9.17) is 10.5 Å². The molecule has 0 saturated carbocycles. The predicted octanol–water partition coefficient (Wildman–Crippen LogP) is 1.14. The zero-order valence-electron chi connectivity index (χ0n) is 9.43. The number of halogens is 1. The van der Waals surface area contributed by atoms with Crippen LogP contribution in [0.3, 0.4) is 0 Å². The SMILES string of the molecule is NC(=O)[C@H]1COCCN1Cc1cccc(Br)c1. The Morgan fingerprint density at radius 3 is 3.12 bits per heavy atom. The van der Waals surface area contributed by atoms with Crippen molar-refractivity contribution in [3.63, 3.8) is 0 Å². The van der Waals surface area contributed by atoms with Crippen molar-refractivity contribution in [2.75, 3.05) is 19.8 Å². The van der Waals surface area contributed by atoms with Crippen LogP contribution in [0.4, 0.5) is 0 Å². The third-order valence-corrected chi connectivity index (χ3v) is 3.34. The molecule has 0 bridgehead atoms. The van der Waals surface area contributed by atoms with Crippen molar-refractivity contribution in [1.82, 2.24) is 4.90 Å². The Balaban J connectivity index is 2.08. The van der Waals surface area contributed by atoms with Crippen LogP contribution in [0.5, 0.6) is 0 Å². The van der Waals surface area contributed by atoms with E-state index in [-0.39, 0.29) is 11.9 Å². The summed E-state index contributed by atoms with van der Waals surface area (Å²) in [5, 5.41) is 0. The molecule has 0 unspecified atom stereocenters. The van der Waals surface area contributed by atoms with E-state index >= 15 is 0 Å². The van der Waals surface area contributed by atoms with Crippen LogP contribution in [0.15, 0.2) is 28.7 Å². The minimum Gasteiger partial charge on any atom is -0.378 e. The average Bonchev–Trinajstić information content (AvgIpc) is 2.29. The van der Waals surface area contributed by atoms with Gasteiger partial charge in [-0.2, -0.15) is 0 Å². The maximum Gasteiger partial charge on any atom is 0.237 e. The van der Waals surface area contributed by atoms with Gasteiger partial charge in [-0.05, 0) is 17.7 Å². The van der Waals surface area contributed by atoms with Crippen LogP contribution in [-0.2, 0) is 16.1 Å². The maximum atomic E-state index is 11.3. The third-order valence-electron chi connectivity index (χ3n) is 2.84. The number of hydrogen-bond donors (Lipinski definition) is 1. The molecule has 1 amide bonds. The highest BCUT2D eigenvalue weighted by atomic mass is 79.9. The lowest BCUT2D eigenvalue weighted by molar-refractivity contribution is -0.129. The normalized spacial score (nSPS) is 21.4. The summed E-state index contributed by atoms with van der Waals surface area (Å²) in [4.78, 5) is 13.4. The van der Waals surface area contributed by atoms with Gasteiger partial charge >= 0.3 is 0 Å². The Bertz CT molecular complexity index is 411. The van der Waals surface area contributed by atoms with Crippen LogP contribution in [0.2, 0.25) is 0 Å². The van der Waals surface area contributed by atoms with Gasteiger partial charge < -0.3 is 10.5 Å². The number of nitrogens with zero attached hydrogens (tertiary/aromatic N) is 1. The topological polar surface area (TPSA) is 55.6 Å². The lowest BCUT2D eigenvalue weighted by Crippen LogP contribution is -2.51. The van der Waals surface area contributed by atoms with Gasteiger partial charge in [0.2, 0.25) is 5.91 Å². The zero-order chi connectivity index (χ0) is 12.3. The van der Waals surface area contributed by atoms with Crippen LogP contribution in [0.1, 0.15) is 5.56 Å². The number of amides is 1. The van der Waals surface area contributed by atoms with Gasteiger partial charge in [0, 0.05) is 17.6 Å². The highest BCUT2D eigenvalue weighted by Crippen LogP contribution is 2.16. The quantitative estimate of drug-likeness (QED) is 0.910. The van der Waals surface area contributed by atoms with Gasteiger partial charge in [-0.1, -0.05) is 28.1 Å². The Morgan fingerprint density at radius 2 is 2.41 bits per heavy atom. The molecule has 4 nitrogen and oxygen atoms in total. The van der Waals surface area contributed by atoms with E-state index in [0.29, 0.717) is 13.2 Å². The van der Waals surface area contributed by atoms with Crippen molar-refractivity contribution in [3.8, 4) is 0 Å². The summed E-state index contributed by atoms with van der Waals surface area (Å²) in [5.41, 5.74) is 6.53. The Kier molecular flexibility index (Phi) is 4.15. The third kappa shape index (κ3) is 3.28. The second-order valence-electron chi connectivity index (χ2n) is 4.09. The number of rotatable bonds is 3. The fourth-order valence-corrected chi connectivity index (χ4v) is 2.41. The Morgan fingerprint density at radius 1 is 1.59 bits per heavy atom. The monoisotopic (exact) mass is 298 g/mol. The van der Waals surface area contributed by atoms with Gasteiger partial charge in [0.15, 0.2) is 0 Å². The molecule has 0 spiro atoms. The Labute approximate surface area is 109 Å². The number of carbonyl (C=O) groups is 1. The van der Waals surface area contributed by atoms with Crippen molar-refractivity contribution in [3.05, 3.63) is 34.3 Å². The summed E-state index contributed by atoms with van der Waals surface area (Å²) in [6.07, 6.45) is 0. The van der Waals surface area contributed by atoms with Crippen molar-refractivity contribution < 1.29 is 9.53 Å². The molecule has 2 N–H and O–H groups in total. The highest BCUT2D eigenvalue weighted by Gasteiger charge is 2.27. The molecular formula is C12H15BrN2O2. The molecule has 1 aliphatic rings. The number of ether oxygens (including phenoxy) is 1. The molecule has 1 atom stereocenters. The summed E-state index contributed by atoms with van der Waals surface area (Å²) in [6.45, 7) is 2.50. The number of carbonyl (C=O) groups excluding carboxylic acids is 1. The molecule has 1 fully saturated rings. The molecule has 1 aliphatic heterocycles. The second kappa shape index (κ2) is 5.62. The predicted molar refractivity (Wildman–Crippen MR) is 68.4 cm³/mol. The van der Waals surface area contributed by atoms with E-state index in [9.17, 15) is 4.79 Å². The molecule has 1 heterocycles. The molecule has 17 heavy (non-hydrogen) atoms. The van der Waals surface area contributed by atoms with Gasteiger partial charge in [-0.3, -0.25) is 9.69 Å². The molecule has 1 saturated heterocycles. The first-order chi connectivity index (χ1) is 8.16. The summed E-state index contributed by atoms with van der Waals surface area (Å²) < 4.78 is 6.32. The van der Waals surface area contributed by atoms with E-state index in [0.717, 1.165) is 23.1 Å². The Hall–Kier alpha value is -0.910. The molecule has 1 aromatic carbocycles. The van der Waals surface area contributed by atoms with Crippen molar-refractivity contribution in [1.29, 1.82) is 0 Å². The number of morpholine rings is 1. The van der Waals surface area contributed by atoms with Crippen LogP contribution in [-0.4, -0.2) is 36.6 Å². The summed E-state index contributed by atoms with van der Waals surface area (Å²) in [6, 6.07) is 7.74. The molecule has 5 heteroatoms. The maximum absolute atomic E-state index is 11.3. The molecule has 0 aromatic heterocycles. The largest absolute Gasteiger partial charge is 0.378 e. The van der Waals surface area contributed by atoms with Crippen molar-refractivity contribution >= 4 is 21.8 Å². The number of benzene rings is 1. The van der Waals surface area contributed by atoms with Gasteiger partial charge in [0.05, 0.1) is 13.2 Å². The van der Waals surface area contributed by atoms with E-state index in [1.807, 2.05) is 24.3 Å². The van der Waals surface area contributed by atoms with E-state index in [2.05, 4.69) is 20.8 Å². The van der Waals surface area contributed by atoms with Crippen molar-refractivity contribution in [2.24, 2.45) is 5.73 Å². The van der Waals surface area contributed by atoms with E-state index in [1.165, 1.54) is 0 Å². The standard InChI is InChI=1S/C12H15BrN2O2/c13-10-3-1-2-9(6-10)7-15-4-5-17-8-11(15)12(14)16/h1-3,6,11H,4-5,7-8H2,(H2,14,16)/t11-/m1/s1. The lowest BCUT2D eigenvalue weighted by Gasteiger charge is -2.33. The molecule has 1 aromatic rings. The zero-order valence-corrected chi connectivity index (χ0v) is 11.0. The van der Waals surface area contributed by atoms with E-state index in [1.54, 1.807) is 0 Å². The first kappa shape index (κ1) is 12.5. The van der Waals surface area contributed by atoms with Crippen molar-refractivity contribution in [2.45, 2.75) is 12.6 Å². The van der Waals surface area contributed by atoms with Crippen LogP contribution >= 0.6 is 15.9 Å². The van der Waals surface area contributed by atoms with Crippen LogP contribution < -0.4 is 5.73 Å². The van der Waals surface area contributed by atoms with Gasteiger partial charge in [-0.15, -0.1) is 0 Å². The fraction of sp³-hybridized carbons (Fsp3) is 0.417. The minimum atomic E-state index is -0.320. The molecular weight excluding hydrogens is 284 g/mol. The van der Waals surface area contributed by atoms with Gasteiger partial charge in [0.25, 0.3) is 0 Å². The second-order valence-corrected chi connectivity index (χ2v) is 5.01. The number of primary amides is 1. The lowest BCUT2D eigenvalue weighted by atomic mass is 10.1. The first-order valence-electron chi connectivity index (χ1n) is 5.52. The summed E-state index contributed by atoms with van der Waals surface area (Å²) in [5.74, 6) is -0.320. The number of nitrogens with two attached hydrogens (primary N) is 1. The van der Waals surface area contributed by atoms with Crippen LogP contribution in [0.25, 0.3) is 0 Å². The summed E-state index contributed by atoms with van der Waals surface area (Å²) in [7, 11) is 0. The molecule has 92 valence electrons. The molecule has 2 rings (SSSR count). The fourth-order valence-electron chi connectivity index (χ4n) is 1.96. The average molecular weight is 299 g/mol. The van der Waals surface area contributed by atoms with Gasteiger partial charge in [-0.25, -0.2) is 0 Å². The van der Waals surface area contributed by atoms with Gasteiger partial charge in [0.1, 0.15) is 6.04 Å². The number of hydrogen-bond acceptors (Lipinski definition) is 3. The smallest absolute Gasteiger partial charge is 0.237 e. The molecule has 0 radical (unpaired) electrons. The highest BCUT2D eigenvalue weighted by molar-refractivity contribution is 9.10. The van der Waals surface area contributed by atoms with E-state index < -0.39 is 0 Å². The summed E-state index contributed by atoms with van der Waals surface area (Å²) >= 11 is 3.44. The van der Waals surface area contributed by atoms with Crippen LogP contribution in [0, 0.1) is 0 Å².